The number of rotatable bonds is 3. The van der Waals surface area contributed by atoms with E-state index in [0.29, 0.717) is 36.6 Å². The minimum atomic E-state index is -0.417. The molecule has 0 saturated carbocycles. The average Bonchev–Trinajstić information content (AvgIpc) is 2.63. The second kappa shape index (κ2) is 6.27. The van der Waals surface area contributed by atoms with Gasteiger partial charge in [-0.05, 0) is 25.5 Å². The molecule has 3 N–H and O–H groups in total. The van der Waals surface area contributed by atoms with Crippen molar-refractivity contribution in [1.82, 2.24) is 5.32 Å². The third kappa shape index (κ3) is 3.01. The summed E-state index contributed by atoms with van der Waals surface area (Å²) in [6, 6.07) is 5.11. The lowest BCUT2D eigenvalue weighted by molar-refractivity contribution is -0.119. The van der Waals surface area contributed by atoms with Crippen LogP contribution in [0.3, 0.4) is 0 Å². The number of amides is 1. The Balaban J connectivity index is 2.38. The number of esters is 1. The van der Waals surface area contributed by atoms with Crippen LogP contribution >= 0.6 is 0 Å². The molecule has 20 heavy (non-hydrogen) atoms. The smallest absolute Gasteiger partial charge is 0.340 e. The number of nitrogen functional groups attached to an aromatic ring is 1. The molecule has 1 aromatic rings. The lowest BCUT2D eigenvalue weighted by Crippen LogP contribution is -2.34. The summed E-state index contributed by atoms with van der Waals surface area (Å²) >= 11 is 0. The normalized spacial score (nSPS) is 15.4. The van der Waals surface area contributed by atoms with Crippen molar-refractivity contribution in [2.24, 2.45) is 0 Å². The van der Waals surface area contributed by atoms with Gasteiger partial charge in [0, 0.05) is 13.1 Å². The molecule has 1 saturated heterocycles. The summed E-state index contributed by atoms with van der Waals surface area (Å²) in [5, 5.41) is 2.80. The number of benzene rings is 1. The molecule has 0 radical (unpaired) electrons. The largest absolute Gasteiger partial charge is 0.462 e. The number of nitrogens with two attached hydrogens (primary N) is 1. The molecule has 6 nitrogen and oxygen atoms in total. The molecule has 1 aliphatic rings. The molecule has 0 spiro atoms. The van der Waals surface area contributed by atoms with Gasteiger partial charge in [0.2, 0.25) is 5.91 Å². The van der Waals surface area contributed by atoms with Crippen molar-refractivity contribution in [2.75, 3.05) is 36.9 Å². The van der Waals surface area contributed by atoms with E-state index in [4.69, 9.17) is 10.5 Å². The van der Waals surface area contributed by atoms with E-state index in [0.717, 1.165) is 6.42 Å². The first-order chi connectivity index (χ1) is 9.63. The second-order valence-corrected chi connectivity index (χ2v) is 4.59. The Hall–Kier alpha value is -2.24. The highest BCUT2D eigenvalue weighted by Crippen LogP contribution is 2.29. The molecule has 0 aromatic heterocycles. The van der Waals surface area contributed by atoms with Gasteiger partial charge in [0.25, 0.3) is 0 Å². The Kier molecular flexibility index (Phi) is 4.45. The summed E-state index contributed by atoms with van der Waals surface area (Å²) in [5.41, 5.74) is 7.47. The minimum absolute atomic E-state index is 0.0689. The third-order valence-electron chi connectivity index (χ3n) is 3.14. The summed E-state index contributed by atoms with van der Waals surface area (Å²) in [4.78, 5) is 25.5. The highest BCUT2D eigenvalue weighted by Gasteiger charge is 2.23. The van der Waals surface area contributed by atoms with E-state index in [1.165, 1.54) is 0 Å². The van der Waals surface area contributed by atoms with Crippen LogP contribution in [-0.4, -0.2) is 38.1 Å². The van der Waals surface area contributed by atoms with Gasteiger partial charge in [-0.15, -0.1) is 0 Å². The maximum atomic E-state index is 12.0. The zero-order chi connectivity index (χ0) is 14.5. The van der Waals surface area contributed by atoms with Crippen LogP contribution < -0.4 is 16.0 Å². The first kappa shape index (κ1) is 14.2. The van der Waals surface area contributed by atoms with E-state index in [9.17, 15) is 9.59 Å². The minimum Gasteiger partial charge on any atom is -0.462 e. The lowest BCUT2D eigenvalue weighted by atomic mass is 10.1. The van der Waals surface area contributed by atoms with E-state index in [-0.39, 0.29) is 12.5 Å². The predicted molar refractivity (Wildman–Crippen MR) is 76.7 cm³/mol. The van der Waals surface area contributed by atoms with E-state index in [2.05, 4.69) is 5.32 Å². The molecular formula is C14H19N3O3. The van der Waals surface area contributed by atoms with Crippen molar-refractivity contribution in [1.29, 1.82) is 0 Å². The van der Waals surface area contributed by atoms with Crippen molar-refractivity contribution in [2.45, 2.75) is 13.3 Å². The van der Waals surface area contributed by atoms with Crippen LogP contribution in [-0.2, 0) is 9.53 Å². The van der Waals surface area contributed by atoms with Crippen LogP contribution in [0.15, 0.2) is 18.2 Å². The molecule has 1 aromatic carbocycles. The SMILES string of the molecule is CCOC(=O)c1cccc(N)c1N1CCCNC(=O)C1. The van der Waals surface area contributed by atoms with Gasteiger partial charge in [-0.1, -0.05) is 6.07 Å². The van der Waals surface area contributed by atoms with Gasteiger partial charge in [-0.2, -0.15) is 0 Å². The van der Waals surface area contributed by atoms with Crippen molar-refractivity contribution in [3.05, 3.63) is 23.8 Å². The molecule has 6 heteroatoms. The maximum Gasteiger partial charge on any atom is 0.340 e. The Morgan fingerprint density at radius 1 is 1.50 bits per heavy atom. The third-order valence-corrected chi connectivity index (χ3v) is 3.14. The van der Waals surface area contributed by atoms with Gasteiger partial charge in [-0.3, -0.25) is 4.79 Å². The van der Waals surface area contributed by atoms with E-state index in [1.54, 1.807) is 25.1 Å². The summed E-state index contributed by atoms with van der Waals surface area (Å²) < 4.78 is 5.05. The summed E-state index contributed by atoms with van der Waals surface area (Å²) in [6.45, 7) is 3.55. The molecule has 1 fully saturated rings. The number of hydrogen-bond acceptors (Lipinski definition) is 5. The molecule has 0 atom stereocenters. The number of nitrogens with one attached hydrogen (secondary N) is 1. The lowest BCUT2D eigenvalue weighted by Gasteiger charge is -2.25. The molecule has 1 aliphatic heterocycles. The molecule has 1 heterocycles. The highest BCUT2D eigenvalue weighted by molar-refractivity contribution is 6.00. The zero-order valence-corrected chi connectivity index (χ0v) is 11.5. The van der Waals surface area contributed by atoms with Crippen LogP contribution in [0.2, 0.25) is 0 Å². The number of nitrogens with zero attached hydrogens (tertiary/aromatic N) is 1. The van der Waals surface area contributed by atoms with Crippen molar-refractivity contribution < 1.29 is 14.3 Å². The van der Waals surface area contributed by atoms with Crippen LogP contribution in [0.25, 0.3) is 0 Å². The monoisotopic (exact) mass is 277 g/mol. The zero-order valence-electron chi connectivity index (χ0n) is 11.5. The topological polar surface area (TPSA) is 84.7 Å². The number of ether oxygens (including phenoxy) is 1. The molecular weight excluding hydrogens is 258 g/mol. The first-order valence-electron chi connectivity index (χ1n) is 6.70. The Bertz CT molecular complexity index is 516. The van der Waals surface area contributed by atoms with Gasteiger partial charge in [0.1, 0.15) is 0 Å². The van der Waals surface area contributed by atoms with Crippen LogP contribution in [0.5, 0.6) is 0 Å². The van der Waals surface area contributed by atoms with Crippen molar-refractivity contribution >= 4 is 23.3 Å². The Morgan fingerprint density at radius 3 is 3.05 bits per heavy atom. The number of hydrogen-bond donors (Lipinski definition) is 2. The molecule has 0 unspecified atom stereocenters. The average molecular weight is 277 g/mol. The van der Waals surface area contributed by atoms with Crippen LogP contribution in [0, 0.1) is 0 Å². The van der Waals surface area contributed by atoms with Gasteiger partial charge < -0.3 is 20.7 Å². The predicted octanol–water partition coefficient (Wildman–Crippen LogP) is 0.772. The van der Waals surface area contributed by atoms with E-state index in [1.807, 2.05) is 4.90 Å². The first-order valence-corrected chi connectivity index (χ1v) is 6.70. The van der Waals surface area contributed by atoms with E-state index >= 15 is 0 Å². The van der Waals surface area contributed by atoms with Crippen molar-refractivity contribution in [3.63, 3.8) is 0 Å². The van der Waals surface area contributed by atoms with Gasteiger partial charge >= 0.3 is 5.97 Å². The molecule has 1 amide bonds. The van der Waals surface area contributed by atoms with E-state index < -0.39 is 5.97 Å². The fraction of sp³-hybridized carbons (Fsp3) is 0.429. The summed E-state index contributed by atoms with van der Waals surface area (Å²) in [6.07, 6.45) is 0.808. The number of carbonyl (C=O) groups is 2. The summed E-state index contributed by atoms with van der Waals surface area (Å²) in [7, 11) is 0. The maximum absolute atomic E-state index is 12.0. The molecule has 0 aliphatic carbocycles. The molecule has 0 bridgehead atoms. The van der Waals surface area contributed by atoms with Gasteiger partial charge in [0.15, 0.2) is 0 Å². The Labute approximate surface area is 117 Å². The highest BCUT2D eigenvalue weighted by atomic mass is 16.5. The molecule has 2 rings (SSSR count). The Morgan fingerprint density at radius 2 is 2.30 bits per heavy atom. The van der Waals surface area contributed by atoms with Gasteiger partial charge in [0.05, 0.1) is 30.1 Å². The number of anilines is 2. The second-order valence-electron chi connectivity index (χ2n) is 4.59. The summed E-state index contributed by atoms with van der Waals surface area (Å²) in [5.74, 6) is -0.486. The van der Waals surface area contributed by atoms with Crippen molar-refractivity contribution in [3.8, 4) is 0 Å². The van der Waals surface area contributed by atoms with Gasteiger partial charge in [-0.25, -0.2) is 4.79 Å². The standard InChI is InChI=1S/C14H19N3O3/c1-2-20-14(19)10-5-3-6-11(15)13(10)17-8-4-7-16-12(18)9-17/h3,5-6H,2,4,7-9,15H2,1H3,(H,16,18). The fourth-order valence-corrected chi connectivity index (χ4v) is 2.28. The van der Waals surface area contributed by atoms with Crippen LogP contribution in [0.1, 0.15) is 23.7 Å². The quantitative estimate of drug-likeness (QED) is 0.630. The number of para-hydroxylation sites is 1. The number of carbonyl (C=O) groups excluding carboxylic acids is 2. The van der Waals surface area contributed by atoms with Crippen LogP contribution in [0.4, 0.5) is 11.4 Å². The molecule has 108 valence electrons. The fourth-order valence-electron chi connectivity index (χ4n) is 2.28.